The predicted octanol–water partition coefficient (Wildman–Crippen LogP) is 1.70. The molecule has 0 aromatic heterocycles. The second kappa shape index (κ2) is 5.51. The number of benzene rings is 1. The number of rotatable bonds is 4. The molecule has 3 N–H and O–H groups in total. The fourth-order valence-electron chi connectivity index (χ4n) is 1.56. The van der Waals surface area contributed by atoms with E-state index in [1.807, 2.05) is 7.05 Å². The summed E-state index contributed by atoms with van der Waals surface area (Å²) in [5, 5.41) is 0. The summed E-state index contributed by atoms with van der Waals surface area (Å²) in [6.45, 7) is 4.94. The fourth-order valence-corrected chi connectivity index (χ4v) is 1.56. The number of hydrogen-bond donors (Lipinski definition) is 2. The van der Waals surface area contributed by atoms with E-state index in [0.29, 0.717) is 11.5 Å². The van der Waals surface area contributed by atoms with Crippen LogP contribution in [0, 0.1) is 5.92 Å². The van der Waals surface area contributed by atoms with Gasteiger partial charge in [0.05, 0.1) is 0 Å². The van der Waals surface area contributed by atoms with Crippen molar-refractivity contribution in [3.8, 4) is 0 Å². The van der Waals surface area contributed by atoms with Crippen molar-refractivity contribution in [3.05, 3.63) is 29.8 Å². The molecule has 4 heteroatoms. The zero-order valence-corrected chi connectivity index (χ0v) is 10.0. The summed E-state index contributed by atoms with van der Waals surface area (Å²) >= 11 is 0. The van der Waals surface area contributed by atoms with Gasteiger partial charge in [-0.25, -0.2) is 0 Å². The minimum atomic E-state index is 0.0391. The van der Waals surface area contributed by atoms with Gasteiger partial charge in [-0.2, -0.15) is 0 Å². The smallest absolute Gasteiger partial charge is 0.253 e. The number of amides is 1. The Morgan fingerprint density at radius 3 is 2.38 bits per heavy atom. The van der Waals surface area contributed by atoms with Crippen LogP contribution in [0.25, 0.3) is 0 Å². The number of anilines is 1. The zero-order chi connectivity index (χ0) is 12.1. The molecule has 0 atom stereocenters. The second-order valence-corrected chi connectivity index (χ2v) is 4.30. The van der Waals surface area contributed by atoms with Crippen LogP contribution in [0.5, 0.6) is 0 Å². The third-order valence-corrected chi connectivity index (χ3v) is 2.28. The first-order valence-corrected chi connectivity index (χ1v) is 5.36. The van der Waals surface area contributed by atoms with Gasteiger partial charge in [0, 0.05) is 24.8 Å². The molecule has 0 spiro atoms. The number of nitrogen functional groups attached to an aromatic ring is 1. The molecule has 0 bridgehead atoms. The molecular weight excluding hydrogens is 202 g/mol. The number of hydrogen-bond acceptors (Lipinski definition) is 3. The van der Waals surface area contributed by atoms with Gasteiger partial charge in [0.2, 0.25) is 0 Å². The average Bonchev–Trinajstić information content (AvgIpc) is 2.27. The van der Waals surface area contributed by atoms with Gasteiger partial charge >= 0.3 is 0 Å². The van der Waals surface area contributed by atoms with Crippen LogP contribution >= 0.6 is 0 Å². The van der Waals surface area contributed by atoms with Crippen molar-refractivity contribution in [1.29, 1.82) is 0 Å². The lowest BCUT2D eigenvalue weighted by Crippen LogP contribution is -2.30. The van der Waals surface area contributed by atoms with E-state index in [1.54, 1.807) is 29.2 Å². The van der Waals surface area contributed by atoms with Gasteiger partial charge in [-0.05, 0) is 30.2 Å². The second-order valence-electron chi connectivity index (χ2n) is 4.30. The van der Waals surface area contributed by atoms with Gasteiger partial charge in [0.15, 0.2) is 0 Å². The van der Waals surface area contributed by atoms with Gasteiger partial charge < -0.3 is 10.3 Å². The summed E-state index contributed by atoms with van der Waals surface area (Å²) in [6.07, 6.45) is 0. The number of nitrogens with zero attached hydrogens (tertiary/aromatic N) is 1. The molecule has 0 aliphatic rings. The lowest BCUT2D eigenvalue weighted by atomic mass is 10.1. The largest absolute Gasteiger partial charge is 0.341 e. The summed E-state index contributed by atoms with van der Waals surface area (Å²) in [4.78, 5) is 13.7. The third kappa shape index (κ3) is 3.24. The molecule has 1 aromatic rings. The molecule has 0 fully saturated rings. The molecule has 4 nitrogen and oxygen atoms in total. The van der Waals surface area contributed by atoms with Crippen LogP contribution in [0.2, 0.25) is 0 Å². The van der Waals surface area contributed by atoms with E-state index in [0.717, 1.165) is 12.2 Å². The quantitative estimate of drug-likeness (QED) is 0.601. The molecule has 0 aliphatic carbocycles. The van der Waals surface area contributed by atoms with Crippen molar-refractivity contribution in [1.82, 2.24) is 4.90 Å². The first-order chi connectivity index (χ1) is 7.54. The zero-order valence-electron chi connectivity index (χ0n) is 10.0. The van der Waals surface area contributed by atoms with Crippen LogP contribution in [0.1, 0.15) is 24.2 Å². The molecule has 16 heavy (non-hydrogen) atoms. The highest BCUT2D eigenvalue weighted by Gasteiger charge is 2.12. The van der Waals surface area contributed by atoms with Crippen LogP contribution in [-0.4, -0.2) is 24.4 Å². The fraction of sp³-hybridized carbons (Fsp3) is 0.417. The van der Waals surface area contributed by atoms with E-state index in [2.05, 4.69) is 19.3 Å². The summed E-state index contributed by atoms with van der Waals surface area (Å²) in [7, 11) is 1.82. The predicted molar refractivity (Wildman–Crippen MR) is 66.1 cm³/mol. The van der Waals surface area contributed by atoms with Crippen molar-refractivity contribution < 1.29 is 4.79 Å². The van der Waals surface area contributed by atoms with Gasteiger partial charge in [-0.1, -0.05) is 13.8 Å². The number of hydrazine groups is 1. The molecule has 88 valence electrons. The Morgan fingerprint density at radius 2 is 1.94 bits per heavy atom. The van der Waals surface area contributed by atoms with E-state index >= 15 is 0 Å². The van der Waals surface area contributed by atoms with Gasteiger partial charge in [0.25, 0.3) is 5.91 Å². The minimum absolute atomic E-state index is 0.0391. The lowest BCUT2D eigenvalue weighted by molar-refractivity contribution is 0.0779. The number of carbonyl (C=O) groups excluding carboxylic acids is 1. The van der Waals surface area contributed by atoms with Gasteiger partial charge in [0.1, 0.15) is 0 Å². The Bertz CT molecular complexity index is 346. The molecule has 1 rings (SSSR count). The number of nitrogens with one attached hydrogen (secondary N) is 1. The maximum absolute atomic E-state index is 12.0. The van der Waals surface area contributed by atoms with Gasteiger partial charge in [-0.3, -0.25) is 10.6 Å². The van der Waals surface area contributed by atoms with Crippen LogP contribution in [0.4, 0.5) is 5.69 Å². The Hall–Kier alpha value is -1.55. The first-order valence-electron chi connectivity index (χ1n) is 5.36. The lowest BCUT2D eigenvalue weighted by Gasteiger charge is -2.19. The molecule has 0 radical (unpaired) electrons. The monoisotopic (exact) mass is 221 g/mol. The number of carbonyl (C=O) groups is 1. The summed E-state index contributed by atoms with van der Waals surface area (Å²) in [6, 6.07) is 7.12. The highest BCUT2D eigenvalue weighted by Crippen LogP contribution is 2.10. The molecule has 1 aromatic carbocycles. The normalized spacial score (nSPS) is 10.3. The molecule has 0 aliphatic heterocycles. The van der Waals surface area contributed by atoms with Crippen LogP contribution in [0.15, 0.2) is 24.3 Å². The molecule has 1 amide bonds. The maximum atomic E-state index is 12.0. The van der Waals surface area contributed by atoms with E-state index < -0.39 is 0 Å². The first kappa shape index (κ1) is 12.5. The number of nitrogens with two attached hydrogens (primary N) is 1. The van der Waals surface area contributed by atoms with Gasteiger partial charge in [-0.15, -0.1) is 0 Å². The Balaban J connectivity index is 2.72. The van der Waals surface area contributed by atoms with Crippen LogP contribution in [-0.2, 0) is 0 Å². The van der Waals surface area contributed by atoms with Crippen molar-refractivity contribution in [2.24, 2.45) is 11.8 Å². The molecule has 0 saturated carbocycles. The van der Waals surface area contributed by atoms with Crippen molar-refractivity contribution in [3.63, 3.8) is 0 Å². The van der Waals surface area contributed by atoms with Crippen molar-refractivity contribution in [2.75, 3.05) is 19.0 Å². The van der Waals surface area contributed by atoms with Crippen LogP contribution in [0.3, 0.4) is 0 Å². The molecule has 0 unspecified atom stereocenters. The van der Waals surface area contributed by atoms with E-state index in [1.165, 1.54) is 0 Å². The Morgan fingerprint density at radius 1 is 1.38 bits per heavy atom. The molecule has 0 heterocycles. The van der Waals surface area contributed by atoms with Crippen molar-refractivity contribution in [2.45, 2.75) is 13.8 Å². The highest BCUT2D eigenvalue weighted by atomic mass is 16.2. The standard InChI is InChI=1S/C12H19N3O/c1-9(2)8-15(3)12(16)10-4-6-11(14-13)7-5-10/h4-7,9,14H,8,13H2,1-3H3. The molecular formula is C12H19N3O. The highest BCUT2D eigenvalue weighted by molar-refractivity contribution is 5.94. The third-order valence-electron chi connectivity index (χ3n) is 2.28. The van der Waals surface area contributed by atoms with E-state index in [4.69, 9.17) is 5.84 Å². The maximum Gasteiger partial charge on any atom is 0.253 e. The topological polar surface area (TPSA) is 58.4 Å². The Kier molecular flexibility index (Phi) is 4.31. The van der Waals surface area contributed by atoms with Crippen molar-refractivity contribution >= 4 is 11.6 Å². The van der Waals surface area contributed by atoms with E-state index in [9.17, 15) is 4.79 Å². The average molecular weight is 221 g/mol. The summed E-state index contributed by atoms with van der Waals surface area (Å²) < 4.78 is 0. The summed E-state index contributed by atoms with van der Waals surface area (Å²) in [5.74, 6) is 5.77. The van der Waals surface area contributed by atoms with Crippen LogP contribution < -0.4 is 11.3 Å². The minimum Gasteiger partial charge on any atom is -0.341 e. The summed E-state index contributed by atoms with van der Waals surface area (Å²) in [5.41, 5.74) is 4.01. The molecule has 0 saturated heterocycles. The SMILES string of the molecule is CC(C)CN(C)C(=O)c1ccc(NN)cc1. The van der Waals surface area contributed by atoms with E-state index in [-0.39, 0.29) is 5.91 Å². The Labute approximate surface area is 96.4 Å².